The number of hydrogen-bond donors (Lipinski definition) is 0. The van der Waals surface area contributed by atoms with E-state index in [9.17, 15) is 4.79 Å². The van der Waals surface area contributed by atoms with Crippen LogP contribution in [0.15, 0.2) is 23.2 Å². The summed E-state index contributed by atoms with van der Waals surface area (Å²) < 4.78 is 10.9. The molecular weight excluding hydrogens is 296 g/mol. The van der Waals surface area contributed by atoms with Gasteiger partial charge in [-0.05, 0) is 26.3 Å². The van der Waals surface area contributed by atoms with Crippen molar-refractivity contribution >= 4 is 5.91 Å². The standard InChI is InChI=1S/C16H20N4O3/c1-11-5-14(18-9-17-11)6-13-7-20(3-4-22-8-13)16(21)15-12(2)19-10-23-15/h5,9-10,13H,3-4,6-8H2,1-2H3. The van der Waals surface area contributed by atoms with Gasteiger partial charge in [-0.1, -0.05) is 0 Å². The molecule has 3 heterocycles. The first-order chi connectivity index (χ1) is 11.1. The van der Waals surface area contributed by atoms with E-state index in [2.05, 4.69) is 15.0 Å². The van der Waals surface area contributed by atoms with Crippen LogP contribution in [0.25, 0.3) is 0 Å². The Morgan fingerprint density at radius 1 is 1.35 bits per heavy atom. The Morgan fingerprint density at radius 2 is 2.22 bits per heavy atom. The van der Waals surface area contributed by atoms with Crippen LogP contribution >= 0.6 is 0 Å². The minimum atomic E-state index is -0.130. The summed E-state index contributed by atoms with van der Waals surface area (Å²) in [4.78, 5) is 26.8. The van der Waals surface area contributed by atoms with Gasteiger partial charge >= 0.3 is 0 Å². The van der Waals surface area contributed by atoms with E-state index in [4.69, 9.17) is 9.15 Å². The highest BCUT2D eigenvalue weighted by Crippen LogP contribution is 2.16. The molecule has 1 aliphatic rings. The van der Waals surface area contributed by atoms with E-state index in [1.54, 1.807) is 18.2 Å². The zero-order chi connectivity index (χ0) is 16.2. The van der Waals surface area contributed by atoms with Gasteiger partial charge in [0.05, 0.1) is 18.9 Å². The van der Waals surface area contributed by atoms with Gasteiger partial charge in [0.25, 0.3) is 5.91 Å². The summed E-state index contributed by atoms with van der Waals surface area (Å²) in [5.41, 5.74) is 2.52. The van der Waals surface area contributed by atoms with Crippen LogP contribution in [-0.4, -0.2) is 52.1 Å². The largest absolute Gasteiger partial charge is 0.438 e. The maximum Gasteiger partial charge on any atom is 0.291 e. The molecule has 1 unspecified atom stereocenters. The predicted octanol–water partition coefficient (Wildman–Crippen LogP) is 1.41. The molecule has 0 aromatic carbocycles. The van der Waals surface area contributed by atoms with Crippen LogP contribution in [-0.2, 0) is 11.2 Å². The van der Waals surface area contributed by atoms with E-state index in [0.717, 1.165) is 17.8 Å². The number of carbonyl (C=O) groups excluding carboxylic acids is 1. The highest BCUT2D eigenvalue weighted by atomic mass is 16.5. The molecule has 0 spiro atoms. The molecule has 0 aliphatic carbocycles. The maximum absolute atomic E-state index is 12.6. The van der Waals surface area contributed by atoms with Crippen LogP contribution in [0.5, 0.6) is 0 Å². The fourth-order valence-corrected chi connectivity index (χ4v) is 2.76. The van der Waals surface area contributed by atoms with Gasteiger partial charge in [0, 0.05) is 30.4 Å². The summed E-state index contributed by atoms with van der Waals surface area (Å²) in [6, 6.07) is 1.97. The van der Waals surface area contributed by atoms with Gasteiger partial charge in [-0.3, -0.25) is 4.79 Å². The Balaban J connectivity index is 1.71. The highest BCUT2D eigenvalue weighted by Gasteiger charge is 2.26. The molecule has 1 amide bonds. The Hall–Kier alpha value is -2.28. The van der Waals surface area contributed by atoms with Crippen molar-refractivity contribution in [1.29, 1.82) is 0 Å². The predicted molar refractivity (Wildman–Crippen MR) is 81.9 cm³/mol. The second-order valence-electron chi connectivity index (χ2n) is 5.81. The molecule has 7 nitrogen and oxygen atoms in total. The van der Waals surface area contributed by atoms with E-state index in [1.165, 1.54) is 6.39 Å². The van der Waals surface area contributed by atoms with Crippen LogP contribution in [0.1, 0.15) is 27.6 Å². The van der Waals surface area contributed by atoms with Crippen molar-refractivity contribution < 1.29 is 13.9 Å². The molecule has 7 heteroatoms. The van der Waals surface area contributed by atoms with Gasteiger partial charge in [0.1, 0.15) is 6.33 Å². The third-order valence-corrected chi connectivity index (χ3v) is 3.92. The first-order valence-electron chi connectivity index (χ1n) is 7.68. The average Bonchev–Trinajstić information content (AvgIpc) is 2.81. The number of aryl methyl sites for hydroxylation is 2. The molecule has 122 valence electrons. The molecule has 0 saturated carbocycles. The second-order valence-corrected chi connectivity index (χ2v) is 5.81. The Morgan fingerprint density at radius 3 is 2.96 bits per heavy atom. The molecule has 2 aromatic heterocycles. The van der Waals surface area contributed by atoms with Crippen molar-refractivity contribution in [3.8, 4) is 0 Å². The molecular formula is C16H20N4O3. The number of ether oxygens (including phenoxy) is 1. The van der Waals surface area contributed by atoms with Crippen LogP contribution in [0, 0.1) is 19.8 Å². The van der Waals surface area contributed by atoms with E-state index >= 15 is 0 Å². The second kappa shape index (κ2) is 6.87. The van der Waals surface area contributed by atoms with Crippen LogP contribution in [0.4, 0.5) is 0 Å². The molecule has 1 fully saturated rings. The molecule has 23 heavy (non-hydrogen) atoms. The normalized spacial score (nSPS) is 18.7. The zero-order valence-corrected chi connectivity index (χ0v) is 13.4. The summed E-state index contributed by atoms with van der Waals surface area (Å²) in [5, 5.41) is 0. The summed E-state index contributed by atoms with van der Waals surface area (Å²) in [5.74, 6) is 0.372. The smallest absolute Gasteiger partial charge is 0.291 e. The third kappa shape index (κ3) is 3.73. The molecule has 0 N–H and O–H groups in total. The SMILES string of the molecule is Cc1cc(CC2COCCN(C(=O)c3ocnc3C)C2)ncn1. The molecule has 2 aromatic rings. The third-order valence-electron chi connectivity index (χ3n) is 3.92. The summed E-state index contributed by atoms with van der Waals surface area (Å²) in [6.07, 6.45) is 3.63. The van der Waals surface area contributed by atoms with Gasteiger partial charge in [0.15, 0.2) is 6.39 Å². The fraction of sp³-hybridized carbons (Fsp3) is 0.500. The lowest BCUT2D eigenvalue weighted by Gasteiger charge is -2.22. The van der Waals surface area contributed by atoms with Gasteiger partial charge < -0.3 is 14.1 Å². The van der Waals surface area contributed by atoms with E-state index in [-0.39, 0.29) is 11.8 Å². The highest BCUT2D eigenvalue weighted by molar-refractivity contribution is 5.92. The van der Waals surface area contributed by atoms with Crippen molar-refractivity contribution in [3.63, 3.8) is 0 Å². The van der Waals surface area contributed by atoms with Crippen LogP contribution in [0.2, 0.25) is 0 Å². The number of hydrogen-bond acceptors (Lipinski definition) is 6. The topological polar surface area (TPSA) is 81.4 Å². The monoisotopic (exact) mass is 316 g/mol. The van der Waals surface area contributed by atoms with Crippen molar-refractivity contribution in [2.24, 2.45) is 5.92 Å². The average molecular weight is 316 g/mol. The molecule has 0 radical (unpaired) electrons. The lowest BCUT2D eigenvalue weighted by atomic mass is 10.0. The van der Waals surface area contributed by atoms with Gasteiger partial charge in [-0.2, -0.15) is 0 Å². The lowest BCUT2D eigenvalue weighted by Crippen LogP contribution is -2.36. The fourth-order valence-electron chi connectivity index (χ4n) is 2.76. The number of amides is 1. The Bertz CT molecular complexity index is 685. The van der Waals surface area contributed by atoms with Gasteiger partial charge in [-0.15, -0.1) is 0 Å². The zero-order valence-electron chi connectivity index (χ0n) is 13.4. The quantitative estimate of drug-likeness (QED) is 0.851. The summed E-state index contributed by atoms with van der Waals surface area (Å²) in [7, 11) is 0. The van der Waals surface area contributed by atoms with Crippen molar-refractivity contribution in [2.75, 3.05) is 26.3 Å². The van der Waals surface area contributed by atoms with Gasteiger partial charge in [-0.25, -0.2) is 15.0 Å². The molecule has 1 atom stereocenters. The van der Waals surface area contributed by atoms with Crippen molar-refractivity contribution in [1.82, 2.24) is 19.9 Å². The molecule has 1 aliphatic heterocycles. The number of nitrogens with zero attached hydrogens (tertiary/aromatic N) is 4. The van der Waals surface area contributed by atoms with Gasteiger partial charge in [0.2, 0.25) is 5.76 Å². The first kappa shape index (κ1) is 15.6. The number of rotatable bonds is 3. The molecule has 1 saturated heterocycles. The Kier molecular flexibility index (Phi) is 4.66. The molecule has 3 rings (SSSR count). The van der Waals surface area contributed by atoms with Crippen molar-refractivity contribution in [2.45, 2.75) is 20.3 Å². The van der Waals surface area contributed by atoms with E-state index in [1.807, 2.05) is 13.0 Å². The van der Waals surface area contributed by atoms with E-state index < -0.39 is 0 Å². The number of oxazole rings is 1. The number of carbonyl (C=O) groups is 1. The van der Waals surface area contributed by atoms with E-state index in [0.29, 0.717) is 37.8 Å². The minimum Gasteiger partial charge on any atom is -0.438 e. The molecule has 0 bridgehead atoms. The summed E-state index contributed by atoms with van der Waals surface area (Å²) in [6.45, 7) is 6.02. The Labute approximate surface area is 134 Å². The van der Waals surface area contributed by atoms with Crippen LogP contribution < -0.4 is 0 Å². The van der Waals surface area contributed by atoms with Crippen molar-refractivity contribution in [3.05, 3.63) is 41.6 Å². The first-order valence-corrected chi connectivity index (χ1v) is 7.68. The summed E-state index contributed by atoms with van der Waals surface area (Å²) >= 11 is 0. The maximum atomic E-state index is 12.6. The number of aromatic nitrogens is 3. The minimum absolute atomic E-state index is 0.130. The lowest BCUT2D eigenvalue weighted by molar-refractivity contribution is 0.0704. The van der Waals surface area contributed by atoms with Crippen LogP contribution in [0.3, 0.4) is 0 Å².